The van der Waals surface area contributed by atoms with Crippen LogP contribution in [-0.2, 0) is 0 Å². The molecule has 1 amide bonds. The van der Waals surface area contributed by atoms with Crippen LogP contribution in [0, 0.1) is 0 Å². The van der Waals surface area contributed by atoms with Gasteiger partial charge in [0.15, 0.2) is 0 Å². The first-order valence-electron chi connectivity index (χ1n) is 4.93. The summed E-state index contributed by atoms with van der Waals surface area (Å²) in [4.78, 5) is 26.3. The molecule has 98 valence electrons. The number of halogens is 2. The number of hydrogen-bond acceptors (Lipinski definition) is 4. The van der Waals surface area contributed by atoms with Crippen molar-refractivity contribution in [2.24, 2.45) is 0 Å². The Hall–Kier alpha value is -1.63. The number of amides is 1. The molecule has 8 heteroatoms. The summed E-state index contributed by atoms with van der Waals surface area (Å²) in [6.07, 6.45) is 1.21. The van der Waals surface area contributed by atoms with Gasteiger partial charge in [0.25, 0.3) is 5.91 Å². The number of carbonyl (C=O) groups excluding carboxylic acids is 1. The third-order valence-electron chi connectivity index (χ3n) is 2.09. The smallest absolute Gasteiger partial charge is 0.365 e. The highest BCUT2D eigenvalue weighted by atomic mass is 35.5. The van der Waals surface area contributed by atoms with Crippen LogP contribution in [0.4, 0.5) is 5.69 Å². The largest absolute Gasteiger partial charge is 0.476 e. The first kappa shape index (κ1) is 13.8. The fourth-order valence-electron chi connectivity index (χ4n) is 1.24. The molecule has 1 aromatic carbocycles. The molecule has 0 unspecified atom stereocenters. The van der Waals surface area contributed by atoms with Crippen molar-refractivity contribution >= 4 is 52.1 Å². The van der Waals surface area contributed by atoms with Crippen molar-refractivity contribution in [3.8, 4) is 0 Å². The number of nitrogens with zero attached hydrogens (tertiary/aromatic N) is 1. The number of carboxylic acid groups (broad SMARTS) is 1. The van der Waals surface area contributed by atoms with Crippen LogP contribution in [0.15, 0.2) is 24.4 Å². The summed E-state index contributed by atoms with van der Waals surface area (Å²) in [5.41, 5.74) is 0.463. The minimum absolute atomic E-state index is 0.140. The third-order valence-corrected chi connectivity index (χ3v) is 3.81. The Kier molecular flexibility index (Phi) is 4.04. The molecular weight excluding hydrogens is 311 g/mol. The van der Waals surface area contributed by atoms with E-state index in [9.17, 15) is 9.59 Å². The number of aromatic nitrogens is 1. The second kappa shape index (κ2) is 5.56. The molecule has 0 saturated carbocycles. The van der Waals surface area contributed by atoms with Gasteiger partial charge < -0.3 is 10.4 Å². The average molecular weight is 317 g/mol. The monoisotopic (exact) mass is 316 g/mol. The van der Waals surface area contributed by atoms with Gasteiger partial charge in [0.2, 0.25) is 5.01 Å². The molecule has 0 atom stereocenters. The van der Waals surface area contributed by atoms with Crippen LogP contribution >= 0.6 is 34.5 Å². The van der Waals surface area contributed by atoms with Crippen LogP contribution < -0.4 is 5.32 Å². The molecule has 0 fully saturated rings. The molecule has 0 saturated heterocycles. The van der Waals surface area contributed by atoms with E-state index >= 15 is 0 Å². The number of benzene rings is 1. The predicted molar refractivity (Wildman–Crippen MR) is 73.5 cm³/mol. The number of anilines is 1. The summed E-state index contributed by atoms with van der Waals surface area (Å²) in [6, 6.07) is 4.64. The fourth-order valence-corrected chi connectivity index (χ4v) is 2.19. The molecule has 5 nitrogen and oxygen atoms in total. The lowest BCUT2D eigenvalue weighted by molar-refractivity contribution is 0.0696. The van der Waals surface area contributed by atoms with Gasteiger partial charge in [-0.25, -0.2) is 9.78 Å². The van der Waals surface area contributed by atoms with Crippen molar-refractivity contribution in [2.45, 2.75) is 0 Å². The lowest BCUT2D eigenvalue weighted by Gasteiger charge is -2.04. The molecule has 2 aromatic rings. The molecule has 0 spiro atoms. The summed E-state index contributed by atoms with van der Waals surface area (Å²) < 4.78 is 0. The van der Waals surface area contributed by atoms with Gasteiger partial charge in [0.1, 0.15) is 4.88 Å². The van der Waals surface area contributed by atoms with Gasteiger partial charge in [-0.2, -0.15) is 0 Å². The highest BCUT2D eigenvalue weighted by molar-refractivity contribution is 7.15. The van der Waals surface area contributed by atoms with E-state index in [0.29, 0.717) is 15.7 Å². The topological polar surface area (TPSA) is 79.3 Å². The summed E-state index contributed by atoms with van der Waals surface area (Å²) >= 11 is 12.4. The molecule has 0 aliphatic heterocycles. The average Bonchev–Trinajstić information content (AvgIpc) is 2.83. The van der Waals surface area contributed by atoms with Crippen molar-refractivity contribution in [3.63, 3.8) is 0 Å². The maximum Gasteiger partial charge on any atom is 0.365 e. The molecule has 0 aliphatic rings. The first-order chi connectivity index (χ1) is 8.97. The third kappa shape index (κ3) is 3.23. The second-order valence-corrected chi connectivity index (χ2v) is 5.26. The quantitative estimate of drug-likeness (QED) is 0.909. The number of aromatic carboxylic acids is 1. The molecule has 0 bridgehead atoms. The van der Waals surface area contributed by atoms with E-state index in [2.05, 4.69) is 10.3 Å². The summed E-state index contributed by atoms with van der Waals surface area (Å²) in [5, 5.41) is 11.9. The van der Waals surface area contributed by atoms with E-state index in [0.717, 1.165) is 11.3 Å². The number of rotatable bonds is 3. The van der Waals surface area contributed by atoms with E-state index in [4.69, 9.17) is 28.3 Å². The number of hydrogen-bond donors (Lipinski definition) is 2. The summed E-state index contributed by atoms with van der Waals surface area (Å²) in [6.45, 7) is 0. The van der Waals surface area contributed by atoms with Crippen molar-refractivity contribution in [1.29, 1.82) is 0 Å². The molecule has 2 N–H and O–H groups in total. The van der Waals surface area contributed by atoms with Gasteiger partial charge in [-0.1, -0.05) is 23.2 Å². The Morgan fingerprint density at radius 3 is 2.58 bits per heavy atom. The maximum atomic E-state index is 11.8. The predicted octanol–water partition coefficient (Wildman–Crippen LogP) is 3.40. The SMILES string of the molecule is O=C(Nc1ccc(Cl)c(Cl)c1)c1cnc(C(=O)O)s1. The number of thiazole rings is 1. The molecule has 0 aliphatic carbocycles. The van der Waals surface area contributed by atoms with Gasteiger partial charge in [-0.3, -0.25) is 4.79 Å². The summed E-state index contributed by atoms with van der Waals surface area (Å²) in [7, 11) is 0. The standard InChI is InChI=1S/C11H6Cl2N2O3S/c12-6-2-1-5(3-7(6)13)15-9(16)8-4-14-10(19-8)11(17)18/h1-4H,(H,15,16)(H,17,18). The molecule has 1 heterocycles. The highest BCUT2D eigenvalue weighted by Crippen LogP contribution is 2.25. The highest BCUT2D eigenvalue weighted by Gasteiger charge is 2.14. The van der Waals surface area contributed by atoms with E-state index in [1.165, 1.54) is 12.3 Å². The minimum Gasteiger partial charge on any atom is -0.476 e. The Morgan fingerprint density at radius 1 is 1.26 bits per heavy atom. The van der Waals surface area contributed by atoms with Gasteiger partial charge in [0.05, 0.1) is 16.2 Å². The van der Waals surface area contributed by atoms with Crippen molar-refractivity contribution in [2.75, 3.05) is 5.32 Å². The van der Waals surface area contributed by atoms with Crippen molar-refractivity contribution in [3.05, 3.63) is 44.3 Å². The lowest BCUT2D eigenvalue weighted by atomic mass is 10.3. The van der Waals surface area contributed by atoms with Gasteiger partial charge in [-0.15, -0.1) is 11.3 Å². The molecule has 0 radical (unpaired) electrons. The Morgan fingerprint density at radius 2 is 2.00 bits per heavy atom. The van der Waals surface area contributed by atoms with E-state index in [1.807, 2.05) is 0 Å². The molecule has 1 aromatic heterocycles. The lowest BCUT2D eigenvalue weighted by Crippen LogP contribution is -2.10. The molecule has 2 rings (SSSR count). The first-order valence-corrected chi connectivity index (χ1v) is 6.50. The van der Waals surface area contributed by atoms with Crippen molar-refractivity contribution in [1.82, 2.24) is 4.98 Å². The zero-order chi connectivity index (χ0) is 14.0. The van der Waals surface area contributed by atoms with Crippen LogP contribution in [0.3, 0.4) is 0 Å². The van der Waals surface area contributed by atoms with Gasteiger partial charge >= 0.3 is 5.97 Å². The minimum atomic E-state index is -1.17. The van der Waals surface area contributed by atoms with Crippen molar-refractivity contribution < 1.29 is 14.7 Å². The van der Waals surface area contributed by atoms with Crippen LogP contribution in [0.25, 0.3) is 0 Å². The van der Waals surface area contributed by atoms with Crippen LogP contribution in [0.1, 0.15) is 19.5 Å². The van der Waals surface area contributed by atoms with Crippen LogP contribution in [-0.4, -0.2) is 22.0 Å². The Balaban J connectivity index is 2.15. The summed E-state index contributed by atoms with van der Waals surface area (Å²) in [5.74, 6) is -1.62. The molecular formula is C11H6Cl2N2O3S. The van der Waals surface area contributed by atoms with E-state index in [-0.39, 0.29) is 9.88 Å². The van der Waals surface area contributed by atoms with Gasteiger partial charge in [0, 0.05) is 5.69 Å². The van der Waals surface area contributed by atoms with E-state index in [1.54, 1.807) is 12.1 Å². The zero-order valence-electron chi connectivity index (χ0n) is 9.18. The number of carbonyl (C=O) groups is 2. The fraction of sp³-hybridized carbons (Fsp3) is 0. The molecule has 19 heavy (non-hydrogen) atoms. The van der Waals surface area contributed by atoms with Crippen LogP contribution in [0.5, 0.6) is 0 Å². The maximum absolute atomic E-state index is 11.8. The van der Waals surface area contributed by atoms with Crippen LogP contribution in [0.2, 0.25) is 10.0 Å². The zero-order valence-corrected chi connectivity index (χ0v) is 11.5. The van der Waals surface area contributed by atoms with E-state index < -0.39 is 11.9 Å². The Bertz CT molecular complexity index is 657. The normalized spacial score (nSPS) is 10.2. The number of carboxylic acids is 1. The second-order valence-electron chi connectivity index (χ2n) is 3.42. The van der Waals surface area contributed by atoms with Gasteiger partial charge in [-0.05, 0) is 18.2 Å². The Labute approximate surface area is 121 Å². The number of nitrogens with one attached hydrogen (secondary N) is 1.